The third kappa shape index (κ3) is 10.4. The molecule has 0 aliphatic carbocycles. The Morgan fingerprint density at radius 3 is 1.68 bits per heavy atom. The van der Waals surface area contributed by atoms with Gasteiger partial charge in [0.25, 0.3) is 0 Å². The molecule has 10 nitrogen and oxygen atoms in total. The van der Waals surface area contributed by atoms with Gasteiger partial charge in [0.1, 0.15) is 17.2 Å². The van der Waals surface area contributed by atoms with E-state index in [1.54, 1.807) is 51.1 Å². The third-order valence-electron chi connectivity index (χ3n) is 4.50. The number of hydrogen-bond donors (Lipinski definition) is 0. The first-order valence-electron chi connectivity index (χ1n) is 11.7. The standard InChI is InChI=1S/C27H30O10/c1-4-32-25(29)16-35-20-10-7-19(8-11-20)9-14-23(28)22-13-12-21(36-17-26(30)33-5-2)15-24(22)37-18-27(31)34-6-3/h7-15H,4-6,16-18H2,1-3H3/b14-9+. The Kier molecular flexibility index (Phi) is 12.2. The first kappa shape index (κ1) is 28.9. The van der Waals surface area contributed by atoms with Crippen molar-refractivity contribution < 1.29 is 47.6 Å². The maximum absolute atomic E-state index is 12.9. The van der Waals surface area contributed by atoms with Crippen molar-refractivity contribution in [1.82, 2.24) is 0 Å². The first-order valence-corrected chi connectivity index (χ1v) is 11.7. The van der Waals surface area contributed by atoms with Gasteiger partial charge in [0.2, 0.25) is 0 Å². The molecule has 0 bridgehead atoms. The van der Waals surface area contributed by atoms with E-state index in [9.17, 15) is 19.2 Å². The van der Waals surface area contributed by atoms with E-state index >= 15 is 0 Å². The Morgan fingerprint density at radius 2 is 1.14 bits per heavy atom. The van der Waals surface area contributed by atoms with Crippen molar-refractivity contribution in [3.8, 4) is 17.2 Å². The minimum absolute atomic E-state index is 0.0896. The number of carbonyl (C=O) groups is 4. The summed E-state index contributed by atoms with van der Waals surface area (Å²) in [6.07, 6.45) is 2.94. The van der Waals surface area contributed by atoms with E-state index in [0.29, 0.717) is 11.3 Å². The van der Waals surface area contributed by atoms with Gasteiger partial charge in [-0.2, -0.15) is 0 Å². The first-order chi connectivity index (χ1) is 17.9. The maximum atomic E-state index is 12.9. The average molecular weight is 515 g/mol. The quantitative estimate of drug-likeness (QED) is 0.151. The number of esters is 3. The van der Waals surface area contributed by atoms with Crippen molar-refractivity contribution in [2.24, 2.45) is 0 Å². The molecule has 2 aromatic carbocycles. The number of ether oxygens (including phenoxy) is 6. The van der Waals surface area contributed by atoms with Crippen LogP contribution in [0, 0.1) is 0 Å². The highest BCUT2D eigenvalue weighted by Crippen LogP contribution is 2.26. The van der Waals surface area contributed by atoms with Crippen LogP contribution < -0.4 is 14.2 Å². The molecule has 0 heterocycles. The number of benzene rings is 2. The van der Waals surface area contributed by atoms with Crippen molar-refractivity contribution in [2.75, 3.05) is 39.6 Å². The second-order valence-electron chi connectivity index (χ2n) is 7.21. The van der Waals surface area contributed by atoms with Crippen LogP contribution in [0.4, 0.5) is 0 Å². The highest BCUT2D eigenvalue weighted by molar-refractivity contribution is 6.08. The van der Waals surface area contributed by atoms with Gasteiger partial charge < -0.3 is 28.4 Å². The summed E-state index contributed by atoms with van der Waals surface area (Å²) < 4.78 is 30.8. The smallest absolute Gasteiger partial charge is 0.344 e. The Balaban J connectivity index is 2.11. The van der Waals surface area contributed by atoms with Crippen molar-refractivity contribution >= 4 is 29.8 Å². The highest BCUT2D eigenvalue weighted by atomic mass is 16.6. The van der Waals surface area contributed by atoms with Crippen LogP contribution in [0.15, 0.2) is 48.5 Å². The molecule has 0 saturated heterocycles. The van der Waals surface area contributed by atoms with Gasteiger partial charge in [0.05, 0.1) is 25.4 Å². The zero-order valence-electron chi connectivity index (χ0n) is 21.0. The number of hydrogen-bond acceptors (Lipinski definition) is 10. The molecule has 0 saturated carbocycles. The van der Waals surface area contributed by atoms with Crippen LogP contribution in [0.1, 0.15) is 36.7 Å². The highest BCUT2D eigenvalue weighted by Gasteiger charge is 2.15. The van der Waals surface area contributed by atoms with E-state index in [2.05, 4.69) is 0 Å². The molecule has 0 amide bonds. The third-order valence-corrected chi connectivity index (χ3v) is 4.50. The molecule has 0 fully saturated rings. The fourth-order valence-electron chi connectivity index (χ4n) is 2.88. The molecule has 0 aliphatic heterocycles. The Labute approximate surface area is 215 Å². The van der Waals surface area contributed by atoms with E-state index in [4.69, 9.17) is 28.4 Å². The van der Waals surface area contributed by atoms with Gasteiger partial charge in [-0.3, -0.25) is 4.79 Å². The molecular weight excluding hydrogens is 484 g/mol. The van der Waals surface area contributed by atoms with Crippen molar-refractivity contribution in [2.45, 2.75) is 20.8 Å². The minimum Gasteiger partial charge on any atom is -0.482 e. The number of carbonyl (C=O) groups excluding carboxylic acids is 4. The van der Waals surface area contributed by atoms with Crippen LogP contribution in [0.25, 0.3) is 6.08 Å². The van der Waals surface area contributed by atoms with E-state index < -0.39 is 30.3 Å². The predicted octanol–water partition coefficient (Wildman–Crippen LogP) is 3.41. The van der Waals surface area contributed by atoms with Crippen molar-refractivity contribution in [3.63, 3.8) is 0 Å². The van der Waals surface area contributed by atoms with Crippen LogP contribution in [0.5, 0.6) is 17.2 Å². The lowest BCUT2D eigenvalue weighted by Gasteiger charge is -2.12. The minimum atomic E-state index is -0.598. The summed E-state index contributed by atoms with van der Waals surface area (Å²) in [5.41, 5.74) is 0.888. The molecule has 0 spiro atoms. The largest absolute Gasteiger partial charge is 0.482 e. The summed E-state index contributed by atoms with van der Waals surface area (Å²) in [5, 5.41) is 0. The molecule has 2 rings (SSSR count). The van der Waals surface area contributed by atoms with Gasteiger partial charge in [0, 0.05) is 6.07 Å². The van der Waals surface area contributed by atoms with E-state index in [1.807, 2.05) is 0 Å². The van der Waals surface area contributed by atoms with E-state index in [-0.39, 0.29) is 50.1 Å². The summed E-state index contributed by atoms with van der Waals surface area (Å²) in [4.78, 5) is 47.6. The zero-order chi connectivity index (χ0) is 27.0. The lowest BCUT2D eigenvalue weighted by Crippen LogP contribution is -2.16. The SMILES string of the molecule is CCOC(=O)COc1ccc(/C=C/C(=O)c2ccc(OCC(=O)OCC)cc2OCC(=O)OCC)cc1. The summed E-state index contributed by atoms with van der Waals surface area (Å²) >= 11 is 0. The van der Waals surface area contributed by atoms with Crippen LogP contribution in [-0.2, 0) is 28.6 Å². The lowest BCUT2D eigenvalue weighted by molar-refractivity contribution is -0.146. The van der Waals surface area contributed by atoms with E-state index in [1.165, 1.54) is 24.3 Å². The predicted molar refractivity (Wildman–Crippen MR) is 133 cm³/mol. The fourth-order valence-corrected chi connectivity index (χ4v) is 2.88. The molecule has 0 aliphatic rings. The molecule has 0 atom stereocenters. The number of rotatable bonds is 15. The molecule has 0 radical (unpaired) electrons. The average Bonchev–Trinajstić information content (AvgIpc) is 2.89. The van der Waals surface area contributed by atoms with Gasteiger partial charge in [-0.05, 0) is 56.7 Å². The topological polar surface area (TPSA) is 124 Å². The fraction of sp³-hybridized carbons (Fsp3) is 0.333. The molecule has 2 aromatic rings. The summed E-state index contributed by atoms with van der Waals surface area (Å²) in [5.74, 6) is -1.17. The second-order valence-corrected chi connectivity index (χ2v) is 7.21. The van der Waals surface area contributed by atoms with Crippen molar-refractivity contribution in [1.29, 1.82) is 0 Å². The Hall–Kier alpha value is -4.34. The molecule has 198 valence electrons. The van der Waals surface area contributed by atoms with Gasteiger partial charge in [-0.25, -0.2) is 14.4 Å². The Morgan fingerprint density at radius 1 is 0.649 bits per heavy atom. The van der Waals surface area contributed by atoms with Crippen LogP contribution in [0.3, 0.4) is 0 Å². The summed E-state index contributed by atoms with van der Waals surface area (Å²) in [6.45, 7) is 4.82. The van der Waals surface area contributed by atoms with Crippen LogP contribution >= 0.6 is 0 Å². The van der Waals surface area contributed by atoms with Gasteiger partial charge in [0.15, 0.2) is 25.6 Å². The van der Waals surface area contributed by atoms with Gasteiger partial charge in [-0.15, -0.1) is 0 Å². The summed E-state index contributed by atoms with van der Waals surface area (Å²) in [6, 6.07) is 11.1. The lowest BCUT2D eigenvalue weighted by atomic mass is 10.1. The molecule has 0 aromatic heterocycles. The zero-order valence-corrected chi connectivity index (χ0v) is 21.0. The molecule has 10 heteroatoms. The second kappa shape index (κ2) is 15.6. The maximum Gasteiger partial charge on any atom is 0.344 e. The Bertz CT molecular complexity index is 1090. The monoisotopic (exact) mass is 514 g/mol. The molecule has 37 heavy (non-hydrogen) atoms. The van der Waals surface area contributed by atoms with Crippen LogP contribution in [-0.4, -0.2) is 63.3 Å². The molecular formula is C27H30O10. The van der Waals surface area contributed by atoms with Crippen molar-refractivity contribution in [3.05, 3.63) is 59.7 Å². The van der Waals surface area contributed by atoms with Gasteiger partial charge >= 0.3 is 17.9 Å². The summed E-state index contributed by atoms with van der Waals surface area (Å²) in [7, 11) is 0. The number of ketones is 1. The number of allylic oxidation sites excluding steroid dienone is 1. The van der Waals surface area contributed by atoms with Gasteiger partial charge in [-0.1, -0.05) is 18.2 Å². The molecule has 0 N–H and O–H groups in total. The molecule has 0 unspecified atom stereocenters. The normalized spacial score (nSPS) is 10.5. The van der Waals surface area contributed by atoms with Crippen LogP contribution in [0.2, 0.25) is 0 Å². The van der Waals surface area contributed by atoms with E-state index in [0.717, 1.165) is 0 Å².